The van der Waals surface area contributed by atoms with Crippen LogP contribution >= 0.6 is 11.3 Å². The zero-order chi connectivity index (χ0) is 20.3. The SMILES string of the molecule is CCN(CC(=O)NC(C)(C)C)C(=O)Cc1csc2nc(-c3ccccc3)cn12. The molecule has 0 aliphatic carbocycles. The summed E-state index contributed by atoms with van der Waals surface area (Å²) in [5, 5.41) is 4.86. The van der Waals surface area contributed by atoms with E-state index in [0.29, 0.717) is 6.54 Å². The largest absolute Gasteiger partial charge is 0.350 e. The Morgan fingerprint density at radius 2 is 1.93 bits per heavy atom. The standard InChI is InChI=1S/C21H26N4O2S/c1-5-24(13-18(26)23-21(2,3)4)19(27)11-16-14-28-20-22-17(12-25(16)20)15-9-7-6-8-10-15/h6-10,12,14H,5,11,13H2,1-4H3,(H,23,26). The number of carbonyl (C=O) groups is 2. The smallest absolute Gasteiger partial charge is 0.240 e. The number of nitrogens with one attached hydrogen (secondary N) is 1. The molecule has 28 heavy (non-hydrogen) atoms. The molecule has 0 unspecified atom stereocenters. The lowest BCUT2D eigenvalue weighted by Crippen LogP contribution is -2.47. The molecule has 1 N–H and O–H groups in total. The lowest BCUT2D eigenvalue weighted by Gasteiger charge is -2.25. The first-order valence-corrected chi connectivity index (χ1v) is 10.2. The molecule has 3 aromatic rings. The molecule has 2 heterocycles. The van der Waals surface area contributed by atoms with Crippen molar-refractivity contribution in [2.45, 2.75) is 39.7 Å². The van der Waals surface area contributed by atoms with Crippen molar-refractivity contribution in [1.29, 1.82) is 0 Å². The fraction of sp³-hybridized carbons (Fsp3) is 0.381. The zero-order valence-electron chi connectivity index (χ0n) is 16.7. The highest BCUT2D eigenvalue weighted by Gasteiger charge is 2.21. The molecule has 0 aliphatic heterocycles. The third-order valence-corrected chi connectivity index (χ3v) is 5.16. The highest BCUT2D eigenvalue weighted by molar-refractivity contribution is 7.15. The Balaban J connectivity index is 1.73. The average Bonchev–Trinajstić information content (AvgIpc) is 3.21. The van der Waals surface area contributed by atoms with Crippen molar-refractivity contribution in [2.24, 2.45) is 0 Å². The van der Waals surface area contributed by atoms with Gasteiger partial charge in [-0.05, 0) is 27.7 Å². The van der Waals surface area contributed by atoms with Crippen LogP contribution in [0.15, 0.2) is 41.9 Å². The number of hydrogen-bond acceptors (Lipinski definition) is 4. The van der Waals surface area contributed by atoms with E-state index in [1.54, 1.807) is 4.90 Å². The minimum Gasteiger partial charge on any atom is -0.350 e. The summed E-state index contributed by atoms with van der Waals surface area (Å²) < 4.78 is 1.97. The minimum absolute atomic E-state index is 0.0683. The van der Waals surface area contributed by atoms with Gasteiger partial charge in [-0.25, -0.2) is 4.98 Å². The molecule has 148 valence electrons. The highest BCUT2D eigenvalue weighted by atomic mass is 32.1. The average molecular weight is 399 g/mol. The van der Waals surface area contributed by atoms with Gasteiger partial charge in [0.1, 0.15) is 0 Å². The number of aromatic nitrogens is 2. The number of benzene rings is 1. The fourth-order valence-electron chi connectivity index (χ4n) is 2.98. The molecule has 7 heteroatoms. The number of thiazole rings is 1. The third kappa shape index (κ3) is 4.78. The van der Waals surface area contributed by atoms with Gasteiger partial charge >= 0.3 is 0 Å². The molecular formula is C21H26N4O2S. The van der Waals surface area contributed by atoms with Gasteiger partial charge in [0, 0.05) is 34.9 Å². The summed E-state index contributed by atoms with van der Waals surface area (Å²) in [7, 11) is 0. The second-order valence-electron chi connectivity index (χ2n) is 7.75. The van der Waals surface area contributed by atoms with E-state index in [2.05, 4.69) is 10.3 Å². The summed E-state index contributed by atoms with van der Waals surface area (Å²) in [6.07, 6.45) is 2.20. The van der Waals surface area contributed by atoms with E-state index < -0.39 is 0 Å². The van der Waals surface area contributed by atoms with Gasteiger partial charge in [-0.2, -0.15) is 0 Å². The van der Waals surface area contributed by atoms with E-state index in [1.807, 2.05) is 74.0 Å². The summed E-state index contributed by atoms with van der Waals surface area (Å²) in [5.74, 6) is -0.214. The van der Waals surface area contributed by atoms with Crippen LogP contribution in [0, 0.1) is 0 Å². The number of amides is 2. The molecule has 0 spiro atoms. The van der Waals surface area contributed by atoms with Crippen molar-refractivity contribution < 1.29 is 9.59 Å². The van der Waals surface area contributed by atoms with Gasteiger partial charge in [-0.1, -0.05) is 30.3 Å². The molecule has 3 rings (SSSR count). The molecule has 0 saturated heterocycles. The van der Waals surface area contributed by atoms with Crippen LogP contribution in [-0.2, 0) is 16.0 Å². The van der Waals surface area contributed by atoms with Gasteiger partial charge in [0.05, 0.1) is 18.7 Å². The molecule has 2 amide bonds. The fourth-order valence-corrected chi connectivity index (χ4v) is 3.85. The molecular weight excluding hydrogens is 372 g/mol. The Hall–Kier alpha value is -2.67. The second kappa shape index (κ2) is 8.14. The number of carbonyl (C=O) groups excluding carboxylic acids is 2. The van der Waals surface area contributed by atoms with Crippen molar-refractivity contribution in [2.75, 3.05) is 13.1 Å². The van der Waals surface area contributed by atoms with Crippen LogP contribution in [0.5, 0.6) is 0 Å². The Bertz CT molecular complexity index is 969. The topological polar surface area (TPSA) is 66.7 Å². The summed E-state index contributed by atoms with van der Waals surface area (Å²) in [4.78, 5) is 32.1. The van der Waals surface area contributed by atoms with E-state index in [1.165, 1.54) is 11.3 Å². The van der Waals surface area contributed by atoms with Crippen LogP contribution in [0.3, 0.4) is 0 Å². The molecule has 6 nitrogen and oxygen atoms in total. The summed E-state index contributed by atoms with van der Waals surface area (Å²) in [6, 6.07) is 9.97. The van der Waals surface area contributed by atoms with Crippen molar-refractivity contribution in [3.63, 3.8) is 0 Å². The zero-order valence-corrected chi connectivity index (χ0v) is 17.5. The van der Waals surface area contributed by atoms with Gasteiger partial charge in [0.25, 0.3) is 0 Å². The molecule has 2 aromatic heterocycles. The molecule has 0 aliphatic rings. The highest BCUT2D eigenvalue weighted by Crippen LogP contribution is 2.24. The van der Waals surface area contributed by atoms with Crippen molar-refractivity contribution in [3.8, 4) is 11.3 Å². The number of imidazole rings is 1. The minimum atomic E-state index is -0.316. The molecule has 0 fully saturated rings. The van der Waals surface area contributed by atoms with E-state index in [0.717, 1.165) is 21.9 Å². The molecule has 0 atom stereocenters. The monoisotopic (exact) mass is 398 g/mol. The maximum atomic E-state index is 12.8. The predicted molar refractivity (Wildman–Crippen MR) is 112 cm³/mol. The first-order chi connectivity index (χ1) is 13.3. The maximum Gasteiger partial charge on any atom is 0.240 e. The summed E-state index contributed by atoms with van der Waals surface area (Å²) in [6.45, 7) is 8.22. The maximum absolute atomic E-state index is 12.8. The Morgan fingerprint density at radius 3 is 2.57 bits per heavy atom. The van der Waals surface area contributed by atoms with Gasteiger partial charge in [-0.3, -0.25) is 14.0 Å². The number of nitrogens with zero attached hydrogens (tertiary/aromatic N) is 3. The molecule has 0 bridgehead atoms. The van der Waals surface area contributed by atoms with Crippen LogP contribution in [0.1, 0.15) is 33.4 Å². The predicted octanol–water partition coefficient (Wildman–Crippen LogP) is 3.37. The van der Waals surface area contributed by atoms with E-state index in [9.17, 15) is 9.59 Å². The molecule has 0 radical (unpaired) electrons. The van der Waals surface area contributed by atoms with Crippen LogP contribution in [0.4, 0.5) is 0 Å². The van der Waals surface area contributed by atoms with Crippen LogP contribution in [-0.4, -0.2) is 44.7 Å². The number of rotatable bonds is 6. The van der Waals surface area contributed by atoms with Crippen LogP contribution < -0.4 is 5.32 Å². The molecule has 0 saturated carbocycles. The van der Waals surface area contributed by atoms with Crippen LogP contribution in [0.2, 0.25) is 0 Å². The van der Waals surface area contributed by atoms with E-state index in [-0.39, 0.29) is 30.3 Å². The van der Waals surface area contributed by atoms with Crippen LogP contribution in [0.25, 0.3) is 16.2 Å². The van der Waals surface area contributed by atoms with Crippen molar-refractivity contribution >= 4 is 28.1 Å². The lowest BCUT2D eigenvalue weighted by molar-refractivity contribution is -0.135. The third-order valence-electron chi connectivity index (χ3n) is 4.27. The lowest BCUT2D eigenvalue weighted by atomic mass is 10.1. The number of fused-ring (bicyclic) bond motifs is 1. The normalized spacial score (nSPS) is 11.6. The number of hydrogen-bond donors (Lipinski definition) is 1. The first-order valence-electron chi connectivity index (χ1n) is 9.36. The van der Waals surface area contributed by atoms with Crippen molar-refractivity contribution in [1.82, 2.24) is 19.6 Å². The Morgan fingerprint density at radius 1 is 1.21 bits per heavy atom. The van der Waals surface area contributed by atoms with Gasteiger partial charge in [-0.15, -0.1) is 11.3 Å². The summed E-state index contributed by atoms with van der Waals surface area (Å²) >= 11 is 1.51. The van der Waals surface area contributed by atoms with Gasteiger partial charge in [0.2, 0.25) is 11.8 Å². The van der Waals surface area contributed by atoms with E-state index >= 15 is 0 Å². The summed E-state index contributed by atoms with van der Waals surface area (Å²) in [5.41, 5.74) is 2.50. The number of likely N-dealkylation sites (N-methyl/N-ethyl adjacent to an activating group) is 1. The van der Waals surface area contributed by atoms with E-state index in [4.69, 9.17) is 0 Å². The first kappa shape index (κ1) is 20.1. The van der Waals surface area contributed by atoms with Crippen molar-refractivity contribution in [3.05, 3.63) is 47.6 Å². The van der Waals surface area contributed by atoms with Gasteiger partial charge in [0.15, 0.2) is 4.96 Å². The Labute approximate surface area is 169 Å². The van der Waals surface area contributed by atoms with Gasteiger partial charge < -0.3 is 10.2 Å². The second-order valence-corrected chi connectivity index (χ2v) is 8.59. The Kier molecular flexibility index (Phi) is 5.84. The quantitative estimate of drug-likeness (QED) is 0.692. The molecule has 1 aromatic carbocycles.